The van der Waals surface area contributed by atoms with Crippen LogP contribution in [0, 0.1) is 6.92 Å². The molecular weight excluding hydrogens is 184 g/mol. The quantitative estimate of drug-likeness (QED) is 0.662. The van der Waals surface area contributed by atoms with E-state index in [9.17, 15) is 0 Å². The molecule has 0 spiro atoms. The molecule has 0 aliphatic carbocycles. The lowest BCUT2D eigenvalue weighted by molar-refractivity contribution is 1.25. The molecule has 0 amide bonds. The maximum Gasteiger partial charge on any atom is 0.0263 e. The Balaban J connectivity index is 3.07. The number of hydrogen-bond donors (Lipinski definition) is 1. The number of benzene rings is 1. The van der Waals surface area contributed by atoms with Crippen molar-refractivity contribution >= 4 is 34.3 Å². The molecule has 0 radical (unpaired) electrons. The molecule has 0 N–H and O–H groups in total. The first-order chi connectivity index (χ1) is 4.74. The Morgan fingerprint density at radius 3 is 2.70 bits per heavy atom. The normalized spacial score (nSPS) is 9.90. The predicted octanol–water partition coefficient (Wildman–Crippen LogP) is 3.53. The lowest BCUT2D eigenvalue weighted by Gasteiger charge is -1.99. The molecule has 0 aliphatic rings. The zero-order valence-corrected chi connectivity index (χ0v) is 7.93. The largest absolute Gasteiger partial charge is 0.143 e. The first kappa shape index (κ1) is 8.31. The van der Waals surface area contributed by atoms with E-state index in [1.807, 2.05) is 25.1 Å². The smallest absolute Gasteiger partial charge is 0.0263 e. The van der Waals surface area contributed by atoms with E-state index in [2.05, 4.69) is 12.6 Å². The highest BCUT2D eigenvalue weighted by Gasteiger charge is 1.95. The van der Waals surface area contributed by atoms with E-state index in [-0.39, 0.29) is 0 Å². The van der Waals surface area contributed by atoms with Crippen molar-refractivity contribution in [3.8, 4) is 0 Å². The molecule has 1 aromatic carbocycles. The van der Waals surface area contributed by atoms with Gasteiger partial charge in [0.2, 0.25) is 0 Å². The van der Waals surface area contributed by atoms with Crippen molar-refractivity contribution in [1.82, 2.24) is 0 Å². The van der Waals surface area contributed by atoms with E-state index < -0.39 is 0 Å². The van der Waals surface area contributed by atoms with Gasteiger partial charge in [0.05, 0.1) is 0 Å². The van der Waals surface area contributed by atoms with Gasteiger partial charge in [0.15, 0.2) is 0 Å². The second kappa shape index (κ2) is 3.56. The van der Waals surface area contributed by atoms with Gasteiger partial charge in [-0.05, 0) is 52.3 Å². The molecule has 0 unspecified atom stereocenters. The monoisotopic (exact) mass is 190 g/mol. The second-order valence-electron chi connectivity index (χ2n) is 2.03. The van der Waals surface area contributed by atoms with E-state index >= 15 is 0 Å². The van der Waals surface area contributed by atoms with Crippen molar-refractivity contribution in [3.63, 3.8) is 0 Å². The fraction of sp³-hybridized carbons (Fsp3) is 0.143. The first-order valence-electron chi connectivity index (χ1n) is 2.82. The third-order valence-electron chi connectivity index (χ3n) is 1.24. The SMILES string of the molecule is Cc1cc(S)ccc1SCl. The lowest BCUT2D eigenvalue weighted by Crippen LogP contribution is -1.75. The average Bonchev–Trinajstić information content (AvgIpc) is 1.88. The molecule has 3 heteroatoms. The van der Waals surface area contributed by atoms with Gasteiger partial charge in [-0.3, -0.25) is 0 Å². The Morgan fingerprint density at radius 2 is 2.20 bits per heavy atom. The highest BCUT2D eigenvalue weighted by Crippen LogP contribution is 2.26. The van der Waals surface area contributed by atoms with Crippen molar-refractivity contribution in [1.29, 1.82) is 0 Å². The summed E-state index contributed by atoms with van der Waals surface area (Å²) in [6, 6.07) is 5.89. The van der Waals surface area contributed by atoms with Crippen molar-refractivity contribution < 1.29 is 0 Å². The van der Waals surface area contributed by atoms with E-state index in [4.69, 9.17) is 10.7 Å². The Morgan fingerprint density at radius 1 is 1.50 bits per heavy atom. The molecule has 0 fully saturated rings. The van der Waals surface area contributed by atoms with E-state index in [1.165, 1.54) is 16.5 Å². The molecule has 1 rings (SSSR count). The van der Waals surface area contributed by atoms with Gasteiger partial charge in [0.1, 0.15) is 0 Å². The van der Waals surface area contributed by atoms with E-state index in [0.717, 1.165) is 9.79 Å². The van der Waals surface area contributed by atoms with Crippen LogP contribution < -0.4 is 0 Å². The average molecular weight is 191 g/mol. The third kappa shape index (κ3) is 1.84. The zero-order valence-electron chi connectivity index (χ0n) is 5.47. The second-order valence-corrected chi connectivity index (χ2v) is 3.60. The topological polar surface area (TPSA) is 0 Å². The van der Waals surface area contributed by atoms with E-state index in [1.54, 1.807) is 0 Å². The standard InChI is InChI=1S/C7H7ClS2/c1-5-4-6(9)2-3-7(5)10-8/h2-4,9H,1H3. The van der Waals surface area contributed by atoms with Crippen LogP contribution in [-0.2, 0) is 0 Å². The molecule has 0 heterocycles. The van der Waals surface area contributed by atoms with Crippen LogP contribution in [0.3, 0.4) is 0 Å². The molecule has 0 saturated heterocycles. The van der Waals surface area contributed by atoms with Crippen molar-refractivity contribution in [3.05, 3.63) is 23.8 Å². The summed E-state index contributed by atoms with van der Waals surface area (Å²) in [4.78, 5) is 2.08. The van der Waals surface area contributed by atoms with Crippen LogP contribution in [0.25, 0.3) is 0 Å². The molecule has 0 aliphatic heterocycles. The van der Waals surface area contributed by atoms with Gasteiger partial charge >= 0.3 is 0 Å². The third-order valence-corrected chi connectivity index (χ3v) is 2.64. The van der Waals surface area contributed by atoms with Gasteiger partial charge in [-0.25, -0.2) is 0 Å². The number of aryl methyl sites for hydroxylation is 1. The molecule has 0 saturated carbocycles. The summed E-state index contributed by atoms with van der Waals surface area (Å²) in [5.74, 6) is 0. The van der Waals surface area contributed by atoms with Crippen LogP contribution in [-0.4, -0.2) is 0 Å². The molecule has 10 heavy (non-hydrogen) atoms. The van der Waals surface area contributed by atoms with Gasteiger partial charge in [-0.2, -0.15) is 0 Å². The minimum Gasteiger partial charge on any atom is -0.143 e. The Hall–Kier alpha value is 0.210. The summed E-state index contributed by atoms with van der Waals surface area (Å²) in [7, 11) is 6.82. The van der Waals surface area contributed by atoms with Crippen LogP contribution in [0.15, 0.2) is 28.0 Å². The van der Waals surface area contributed by atoms with Gasteiger partial charge in [-0.15, -0.1) is 12.6 Å². The highest BCUT2D eigenvalue weighted by atomic mass is 35.7. The van der Waals surface area contributed by atoms with E-state index in [0.29, 0.717) is 0 Å². The molecule has 54 valence electrons. The predicted molar refractivity (Wildman–Crippen MR) is 50.1 cm³/mol. The van der Waals surface area contributed by atoms with Crippen LogP contribution >= 0.6 is 34.3 Å². The highest BCUT2D eigenvalue weighted by molar-refractivity contribution is 8.21. The molecule has 1 aromatic rings. The maximum absolute atomic E-state index is 5.58. The Kier molecular flexibility index (Phi) is 2.96. The van der Waals surface area contributed by atoms with Crippen LogP contribution in [0.2, 0.25) is 0 Å². The van der Waals surface area contributed by atoms with Crippen molar-refractivity contribution in [2.45, 2.75) is 16.7 Å². The minimum absolute atomic E-state index is 0.979. The Labute approximate surface area is 74.9 Å². The lowest BCUT2D eigenvalue weighted by atomic mass is 10.2. The molecule has 0 aromatic heterocycles. The number of hydrogen-bond acceptors (Lipinski definition) is 2. The van der Waals surface area contributed by atoms with Crippen LogP contribution in [0.4, 0.5) is 0 Å². The summed E-state index contributed by atoms with van der Waals surface area (Å²) in [5, 5.41) is 0. The summed E-state index contributed by atoms with van der Waals surface area (Å²) in [6.45, 7) is 2.02. The molecular formula is C7H7ClS2. The summed E-state index contributed by atoms with van der Waals surface area (Å²) in [5.41, 5.74) is 1.17. The van der Waals surface area contributed by atoms with Gasteiger partial charge in [-0.1, -0.05) is 0 Å². The van der Waals surface area contributed by atoms with Gasteiger partial charge in [0, 0.05) is 9.79 Å². The number of rotatable bonds is 1. The van der Waals surface area contributed by atoms with Crippen molar-refractivity contribution in [2.24, 2.45) is 0 Å². The summed E-state index contributed by atoms with van der Waals surface area (Å²) in [6.07, 6.45) is 0. The Bertz CT molecular complexity index is 235. The zero-order chi connectivity index (χ0) is 7.56. The minimum atomic E-state index is 0.979. The van der Waals surface area contributed by atoms with Gasteiger partial charge in [0.25, 0.3) is 0 Å². The fourth-order valence-electron chi connectivity index (χ4n) is 0.720. The summed E-state index contributed by atoms with van der Waals surface area (Å²) >= 11 is 4.19. The summed E-state index contributed by atoms with van der Waals surface area (Å²) < 4.78 is 0. The molecule has 0 nitrogen and oxygen atoms in total. The van der Waals surface area contributed by atoms with Crippen molar-refractivity contribution in [2.75, 3.05) is 0 Å². The first-order valence-corrected chi connectivity index (χ1v) is 4.91. The fourth-order valence-corrected chi connectivity index (χ4v) is 1.81. The van der Waals surface area contributed by atoms with Crippen LogP contribution in [0.1, 0.15) is 5.56 Å². The van der Waals surface area contributed by atoms with Crippen LogP contribution in [0.5, 0.6) is 0 Å². The van der Waals surface area contributed by atoms with Gasteiger partial charge < -0.3 is 0 Å². The molecule has 0 atom stereocenters. The maximum atomic E-state index is 5.58. The molecule has 0 bridgehead atoms. The number of halogens is 1. The number of thiol groups is 1.